The molecule has 0 bridgehead atoms. The lowest BCUT2D eigenvalue weighted by Crippen LogP contribution is -2.06. The molecule has 0 spiro atoms. The molecular weight excluding hydrogens is 265 g/mol. The molecule has 19 heavy (non-hydrogen) atoms. The zero-order valence-corrected chi connectivity index (χ0v) is 11.8. The first kappa shape index (κ1) is 13.7. The van der Waals surface area contributed by atoms with Gasteiger partial charge in [0.1, 0.15) is 11.6 Å². The molecule has 1 N–H and O–H groups in total. The van der Waals surface area contributed by atoms with Crippen LogP contribution in [-0.4, -0.2) is 16.5 Å². The minimum Gasteiger partial charge on any atom is -0.370 e. The zero-order chi connectivity index (χ0) is 14.0. The summed E-state index contributed by atoms with van der Waals surface area (Å²) in [6.07, 6.45) is 0. The minimum absolute atomic E-state index is 0.0968. The Kier molecular flexibility index (Phi) is 4.00. The van der Waals surface area contributed by atoms with Gasteiger partial charge in [-0.3, -0.25) is 0 Å². The molecule has 2 aromatic rings. The molecule has 0 aliphatic heterocycles. The van der Waals surface area contributed by atoms with Gasteiger partial charge < -0.3 is 5.32 Å². The van der Waals surface area contributed by atoms with Gasteiger partial charge in [-0.2, -0.15) is 0 Å². The molecule has 0 unspecified atom stereocenters. The second-order valence-electron chi connectivity index (χ2n) is 4.27. The van der Waals surface area contributed by atoms with E-state index >= 15 is 0 Å². The predicted octanol–water partition coefficient (Wildman–Crippen LogP) is 3.98. The fourth-order valence-electron chi connectivity index (χ4n) is 1.73. The van der Waals surface area contributed by atoms with Gasteiger partial charge in [0.2, 0.25) is 0 Å². The lowest BCUT2D eigenvalue weighted by molar-refractivity contribution is 0.628. The van der Waals surface area contributed by atoms with Crippen molar-refractivity contribution in [3.05, 3.63) is 40.3 Å². The number of benzene rings is 1. The van der Waals surface area contributed by atoms with E-state index in [-0.39, 0.29) is 5.02 Å². The lowest BCUT2D eigenvalue weighted by Gasteiger charge is -2.11. The molecule has 0 amide bonds. The Bertz CT molecular complexity index is 614. The first-order valence-electron chi connectivity index (χ1n) is 6.07. The van der Waals surface area contributed by atoms with E-state index in [1.807, 2.05) is 20.8 Å². The van der Waals surface area contributed by atoms with Gasteiger partial charge in [0.15, 0.2) is 5.82 Å². The van der Waals surface area contributed by atoms with Crippen molar-refractivity contribution in [1.82, 2.24) is 9.97 Å². The highest BCUT2D eigenvalue weighted by Gasteiger charge is 2.10. The fraction of sp³-hybridized carbons (Fsp3) is 0.286. The fourth-order valence-corrected chi connectivity index (χ4v) is 1.85. The van der Waals surface area contributed by atoms with Crippen LogP contribution in [0.3, 0.4) is 0 Å². The third kappa shape index (κ3) is 2.84. The molecule has 3 nitrogen and oxygen atoms in total. The highest BCUT2D eigenvalue weighted by Crippen LogP contribution is 2.24. The number of nitrogens with zero attached hydrogens (tertiary/aromatic N) is 2. The van der Waals surface area contributed by atoms with E-state index in [0.717, 1.165) is 23.6 Å². The summed E-state index contributed by atoms with van der Waals surface area (Å²) in [5.41, 5.74) is 2.49. The van der Waals surface area contributed by atoms with E-state index in [1.54, 1.807) is 6.07 Å². The van der Waals surface area contributed by atoms with Crippen LogP contribution in [0.5, 0.6) is 0 Å². The second kappa shape index (κ2) is 5.53. The Balaban J connectivity index is 2.52. The molecule has 0 fully saturated rings. The van der Waals surface area contributed by atoms with Crippen LogP contribution in [0.4, 0.5) is 10.2 Å². The summed E-state index contributed by atoms with van der Waals surface area (Å²) in [6.45, 7) is 6.64. The third-order valence-corrected chi connectivity index (χ3v) is 3.22. The van der Waals surface area contributed by atoms with Crippen LogP contribution < -0.4 is 5.32 Å². The van der Waals surface area contributed by atoms with Crippen molar-refractivity contribution in [1.29, 1.82) is 0 Å². The van der Waals surface area contributed by atoms with E-state index in [2.05, 4.69) is 15.3 Å². The Morgan fingerprint density at radius 1 is 1.26 bits per heavy atom. The molecule has 0 saturated heterocycles. The Morgan fingerprint density at radius 2 is 2.00 bits per heavy atom. The monoisotopic (exact) mass is 279 g/mol. The van der Waals surface area contributed by atoms with E-state index < -0.39 is 5.82 Å². The van der Waals surface area contributed by atoms with E-state index in [4.69, 9.17) is 11.6 Å². The lowest BCUT2D eigenvalue weighted by atomic mass is 10.2. The van der Waals surface area contributed by atoms with E-state index in [9.17, 15) is 4.39 Å². The maximum absolute atomic E-state index is 13.5. The number of rotatable bonds is 3. The van der Waals surface area contributed by atoms with Crippen LogP contribution >= 0.6 is 11.6 Å². The molecule has 1 aromatic heterocycles. The van der Waals surface area contributed by atoms with Crippen molar-refractivity contribution in [3.63, 3.8) is 0 Å². The maximum atomic E-state index is 13.5. The Labute approximate surface area is 116 Å². The average molecular weight is 280 g/mol. The van der Waals surface area contributed by atoms with E-state index in [0.29, 0.717) is 11.4 Å². The number of aromatic nitrogens is 2. The minimum atomic E-state index is -0.467. The molecular formula is C14H15ClFN3. The molecule has 1 heterocycles. The van der Waals surface area contributed by atoms with Crippen LogP contribution in [0.15, 0.2) is 18.2 Å². The molecule has 100 valence electrons. The molecule has 0 saturated carbocycles. The summed E-state index contributed by atoms with van der Waals surface area (Å²) in [7, 11) is 0. The van der Waals surface area contributed by atoms with Gasteiger partial charge in [0.25, 0.3) is 0 Å². The summed E-state index contributed by atoms with van der Waals surface area (Å²) < 4.78 is 13.5. The molecule has 5 heteroatoms. The summed E-state index contributed by atoms with van der Waals surface area (Å²) in [4.78, 5) is 8.83. The smallest absolute Gasteiger partial charge is 0.161 e. The van der Waals surface area contributed by atoms with Gasteiger partial charge in [-0.05, 0) is 39.0 Å². The van der Waals surface area contributed by atoms with Gasteiger partial charge in [-0.25, -0.2) is 14.4 Å². The van der Waals surface area contributed by atoms with Crippen molar-refractivity contribution in [2.45, 2.75) is 20.8 Å². The van der Waals surface area contributed by atoms with Gasteiger partial charge >= 0.3 is 0 Å². The summed E-state index contributed by atoms with van der Waals surface area (Å²) in [5, 5.41) is 3.28. The van der Waals surface area contributed by atoms with Crippen molar-refractivity contribution in [3.8, 4) is 11.4 Å². The molecule has 0 aliphatic rings. The van der Waals surface area contributed by atoms with Gasteiger partial charge in [-0.15, -0.1) is 0 Å². The number of anilines is 1. The normalized spacial score (nSPS) is 10.6. The van der Waals surface area contributed by atoms with Crippen LogP contribution in [0.1, 0.15) is 18.2 Å². The molecule has 0 atom stereocenters. The Hall–Kier alpha value is -1.68. The quantitative estimate of drug-likeness (QED) is 0.923. The molecule has 0 aliphatic carbocycles. The van der Waals surface area contributed by atoms with Crippen LogP contribution in [0.2, 0.25) is 5.02 Å². The van der Waals surface area contributed by atoms with Crippen molar-refractivity contribution >= 4 is 17.4 Å². The van der Waals surface area contributed by atoms with E-state index in [1.165, 1.54) is 12.1 Å². The van der Waals surface area contributed by atoms with Crippen LogP contribution in [-0.2, 0) is 0 Å². The molecule has 0 radical (unpaired) electrons. The SMILES string of the molecule is CCNc1nc(-c2ccc(Cl)c(F)c2)nc(C)c1C. The highest BCUT2D eigenvalue weighted by molar-refractivity contribution is 6.30. The van der Waals surface area contributed by atoms with Crippen molar-refractivity contribution in [2.24, 2.45) is 0 Å². The summed E-state index contributed by atoms with van der Waals surface area (Å²) in [6, 6.07) is 4.57. The molecule has 1 aromatic carbocycles. The number of hydrogen-bond donors (Lipinski definition) is 1. The summed E-state index contributed by atoms with van der Waals surface area (Å²) >= 11 is 5.68. The van der Waals surface area contributed by atoms with Crippen molar-refractivity contribution < 1.29 is 4.39 Å². The largest absolute Gasteiger partial charge is 0.370 e. The third-order valence-electron chi connectivity index (χ3n) is 2.91. The summed E-state index contributed by atoms with van der Waals surface area (Å²) in [5.74, 6) is 0.806. The predicted molar refractivity (Wildman–Crippen MR) is 76.1 cm³/mol. The van der Waals surface area contributed by atoms with Crippen molar-refractivity contribution in [2.75, 3.05) is 11.9 Å². The number of halogens is 2. The first-order valence-corrected chi connectivity index (χ1v) is 6.45. The van der Waals surface area contributed by atoms with Gasteiger partial charge in [-0.1, -0.05) is 11.6 Å². The average Bonchev–Trinajstić information content (AvgIpc) is 2.38. The molecule has 2 rings (SSSR count). The number of hydrogen-bond acceptors (Lipinski definition) is 3. The standard InChI is InChI=1S/C14H15ClFN3/c1-4-17-13-8(2)9(3)18-14(19-13)10-5-6-11(15)12(16)7-10/h5-7H,4H2,1-3H3,(H,17,18,19). The second-order valence-corrected chi connectivity index (χ2v) is 4.67. The van der Waals surface area contributed by atoms with Crippen LogP contribution in [0.25, 0.3) is 11.4 Å². The van der Waals surface area contributed by atoms with Gasteiger partial charge in [0.05, 0.1) is 5.02 Å². The zero-order valence-electron chi connectivity index (χ0n) is 11.1. The maximum Gasteiger partial charge on any atom is 0.161 e. The Morgan fingerprint density at radius 3 is 2.63 bits per heavy atom. The van der Waals surface area contributed by atoms with Crippen LogP contribution in [0, 0.1) is 19.7 Å². The number of aryl methyl sites for hydroxylation is 1. The van der Waals surface area contributed by atoms with Gasteiger partial charge in [0, 0.05) is 23.4 Å². The topological polar surface area (TPSA) is 37.8 Å². The first-order chi connectivity index (χ1) is 9.02. The highest BCUT2D eigenvalue weighted by atomic mass is 35.5. The number of nitrogens with one attached hydrogen (secondary N) is 1.